The maximum absolute atomic E-state index is 11.0. The van der Waals surface area contributed by atoms with Gasteiger partial charge < -0.3 is 0 Å². The molecule has 0 bridgehead atoms. The minimum absolute atomic E-state index is 0.0957. The summed E-state index contributed by atoms with van der Waals surface area (Å²) in [6.45, 7) is 8.42. The first-order chi connectivity index (χ1) is 12.2. The normalized spacial score (nSPS) is 12.7. The number of nitrogens with one attached hydrogen (secondary N) is 1. The van der Waals surface area contributed by atoms with Crippen molar-refractivity contribution in [1.82, 2.24) is 0 Å². The molecule has 8 nitrogen and oxygen atoms in total. The zero-order valence-electron chi connectivity index (χ0n) is 15.4. The van der Waals surface area contributed by atoms with Crippen molar-refractivity contribution in [3.8, 4) is 0 Å². The average Bonchev–Trinajstić information content (AvgIpc) is 2.58. The van der Waals surface area contributed by atoms with E-state index in [9.17, 15) is 20.2 Å². The van der Waals surface area contributed by atoms with E-state index in [1.54, 1.807) is 0 Å². The Balaban J connectivity index is 2.69. The summed E-state index contributed by atoms with van der Waals surface area (Å²) in [4.78, 5) is 20.4. The molecule has 0 aromatic heterocycles. The van der Waals surface area contributed by atoms with Crippen LogP contribution in [0.5, 0.6) is 0 Å². The highest BCUT2D eigenvalue weighted by Gasteiger charge is 2.18. The highest BCUT2D eigenvalue weighted by atomic mass is 16.6. The molecular weight excluding hydrogens is 336 g/mol. The van der Waals surface area contributed by atoms with Crippen molar-refractivity contribution in [1.29, 1.82) is 0 Å². The molecule has 0 atom stereocenters. The molecule has 0 unspecified atom stereocenters. The molecule has 0 radical (unpaired) electrons. The molecule has 0 aliphatic rings. The Kier molecular flexibility index (Phi) is 8.14. The number of nitro benzene ring substituents is 2. The van der Waals surface area contributed by atoms with Crippen LogP contribution in [0.3, 0.4) is 0 Å². The molecule has 1 aromatic carbocycles. The zero-order valence-corrected chi connectivity index (χ0v) is 15.4. The molecule has 0 aliphatic heterocycles. The lowest BCUT2D eigenvalue weighted by Crippen LogP contribution is -1.98. The van der Waals surface area contributed by atoms with E-state index in [4.69, 9.17) is 0 Å². The summed E-state index contributed by atoms with van der Waals surface area (Å²) in [5, 5.41) is 25.7. The third-order valence-corrected chi connectivity index (χ3v) is 3.92. The maximum Gasteiger partial charge on any atom is 0.301 e. The molecule has 140 valence electrons. The topological polar surface area (TPSA) is 111 Å². The molecule has 0 fully saturated rings. The fraction of sp³-hybridized carbons (Fsp3) is 0.389. The van der Waals surface area contributed by atoms with E-state index >= 15 is 0 Å². The monoisotopic (exact) mass is 360 g/mol. The molecule has 8 heteroatoms. The van der Waals surface area contributed by atoms with Gasteiger partial charge in [0.05, 0.1) is 15.9 Å². The molecule has 0 amide bonds. The van der Waals surface area contributed by atoms with Crippen LogP contribution >= 0.6 is 0 Å². The van der Waals surface area contributed by atoms with Crippen LogP contribution in [-0.4, -0.2) is 16.1 Å². The third kappa shape index (κ3) is 6.84. The molecular formula is C18H24N4O4. The second kappa shape index (κ2) is 10.1. The molecule has 1 rings (SSSR count). The van der Waals surface area contributed by atoms with Crippen molar-refractivity contribution in [2.45, 2.75) is 40.5 Å². The minimum Gasteiger partial charge on any atom is -0.272 e. The number of anilines is 1. The number of rotatable bonds is 9. The lowest BCUT2D eigenvalue weighted by molar-refractivity contribution is -0.393. The summed E-state index contributed by atoms with van der Waals surface area (Å²) in [5.41, 5.74) is 4.40. The molecule has 0 saturated heterocycles. The third-order valence-electron chi connectivity index (χ3n) is 3.92. The minimum atomic E-state index is -0.685. The SMILES string of the molecule is C/C(=C/CC/C(C)=C/C=N/Nc1ccc([N+](=O)[O-])cc1[N+](=O)[O-])C(C)C. The van der Waals surface area contributed by atoms with Gasteiger partial charge in [-0.3, -0.25) is 25.7 Å². The van der Waals surface area contributed by atoms with Crippen molar-refractivity contribution in [2.75, 3.05) is 5.43 Å². The molecule has 0 spiro atoms. The van der Waals surface area contributed by atoms with Crippen LogP contribution in [0.1, 0.15) is 40.5 Å². The van der Waals surface area contributed by atoms with E-state index in [1.807, 2.05) is 13.0 Å². The van der Waals surface area contributed by atoms with Crippen molar-refractivity contribution in [3.63, 3.8) is 0 Å². The molecule has 1 aromatic rings. The number of non-ortho nitro benzene ring substituents is 1. The fourth-order valence-corrected chi connectivity index (χ4v) is 2.00. The van der Waals surface area contributed by atoms with E-state index in [0.29, 0.717) is 5.92 Å². The predicted octanol–water partition coefficient (Wildman–Crippen LogP) is 5.23. The van der Waals surface area contributed by atoms with Crippen LogP contribution in [0, 0.1) is 26.1 Å². The van der Waals surface area contributed by atoms with Gasteiger partial charge in [0.25, 0.3) is 5.69 Å². The molecule has 0 heterocycles. The first kappa shape index (κ1) is 21.0. The van der Waals surface area contributed by atoms with E-state index in [1.165, 1.54) is 23.9 Å². The Morgan fingerprint density at radius 1 is 1.23 bits per heavy atom. The molecule has 0 saturated carbocycles. The van der Waals surface area contributed by atoms with Crippen LogP contribution in [0.15, 0.2) is 46.6 Å². The highest BCUT2D eigenvalue weighted by Crippen LogP contribution is 2.28. The molecule has 0 aliphatic carbocycles. The summed E-state index contributed by atoms with van der Waals surface area (Å²) >= 11 is 0. The second-order valence-electron chi connectivity index (χ2n) is 6.26. The number of nitrogens with zero attached hydrogens (tertiary/aromatic N) is 3. The summed E-state index contributed by atoms with van der Waals surface area (Å²) in [6, 6.07) is 3.36. The average molecular weight is 360 g/mol. The van der Waals surface area contributed by atoms with Gasteiger partial charge in [0.15, 0.2) is 0 Å². The van der Waals surface area contributed by atoms with Gasteiger partial charge in [0.2, 0.25) is 0 Å². The van der Waals surface area contributed by atoms with Crippen LogP contribution < -0.4 is 5.43 Å². The summed E-state index contributed by atoms with van der Waals surface area (Å²) in [7, 11) is 0. The highest BCUT2D eigenvalue weighted by molar-refractivity contribution is 5.74. The number of allylic oxidation sites excluding steroid dienone is 4. The van der Waals surface area contributed by atoms with Gasteiger partial charge in [-0.15, -0.1) is 0 Å². The summed E-state index contributed by atoms with van der Waals surface area (Å²) in [6.07, 6.45) is 7.40. The Morgan fingerprint density at radius 2 is 1.92 bits per heavy atom. The summed E-state index contributed by atoms with van der Waals surface area (Å²) < 4.78 is 0. The molecule has 26 heavy (non-hydrogen) atoms. The molecule has 1 N–H and O–H groups in total. The second-order valence-corrected chi connectivity index (χ2v) is 6.26. The fourth-order valence-electron chi connectivity index (χ4n) is 2.00. The number of nitro groups is 2. The van der Waals surface area contributed by atoms with Crippen molar-refractivity contribution in [2.24, 2.45) is 11.0 Å². The lowest BCUT2D eigenvalue weighted by atomic mass is 10.0. The van der Waals surface area contributed by atoms with E-state index in [0.717, 1.165) is 24.5 Å². The van der Waals surface area contributed by atoms with Crippen LogP contribution in [0.25, 0.3) is 0 Å². The standard InChI is InChI=1S/C18H24N4O4/c1-13(2)15(4)7-5-6-14(3)10-11-19-20-17-9-8-16(21(23)24)12-18(17)22(25)26/h7-13,20H,5-6H2,1-4H3/b14-10+,15-7-,19-11+. The maximum atomic E-state index is 11.0. The quantitative estimate of drug-likeness (QED) is 0.280. The first-order valence-corrected chi connectivity index (χ1v) is 8.26. The van der Waals surface area contributed by atoms with Gasteiger partial charge in [-0.2, -0.15) is 5.10 Å². The summed E-state index contributed by atoms with van der Waals surface area (Å²) in [5.74, 6) is 0.544. The van der Waals surface area contributed by atoms with Gasteiger partial charge >= 0.3 is 5.69 Å². The van der Waals surface area contributed by atoms with Crippen LogP contribution in [0.4, 0.5) is 17.1 Å². The number of benzene rings is 1. The smallest absolute Gasteiger partial charge is 0.272 e. The Morgan fingerprint density at radius 3 is 2.50 bits per heavy atom. The van der Waals surface area contributed by atoms with Crippen LogP contribution in [-0.2, 0) is 0 Å². The number of hydrogen-bond acceptors (Lipinski definition) is 6. The zero-order chi connectivity index (χ0) is 19.7. The first-order valence-electron chi connectivity index (χ1n) is 8.26. The van der Waals surface area contributed by atoms with E-state index in [2.05, 4.69) is 37.4 Å². The van der Waals surface area contributed by atoms with Crippen molar-refractivity contribution < 1.29 is 9.85 Å². The van der Waals surface area contributed by atoms with Crippen molar-refractivity contribution in [3.05, 3.63) is 61.7 Å². The van der Waals surface area contributed by atoms with Gasteiger partial charge in [0, 0.05) is 12.3 Å². The van der Waals surface area contributed by atoms with Gasteiger partial charge in [-0.25, -0.2) is 0 Å². The predicted molar refractivity (Wildman–Crippen MR) is 103 cm³/mol. The largest absolute Gasteiger partial charge is 0.301 e. The van der Waals surface area contributed by atoms with E-state index < -0.39 is 15.5 Å². The Labute approximate surface area is 152 Å². The van der Waals surface area contributed by atoms with E-state index in [-0.39, 0.29) is 11.4 Å². The Hall–Kier alpha value is -3.03. The van der Waals surface area contributed by atoms with Crippen LogP contribution in [0.2, 0.25) is 0 Å². The van der Waals surface area contributed by atoms with Gasteiger partial charge in [-0.05, 0) is 44.7 Å². The Bertz CT molecular complexity index is 752. The lowest BCUT2D eigenvalue weighted by Gasteiger charge is -2.04. The van der Waals surface area contributed by atoms with Crippen molar-refractivity contribution >= 4 is 23.3 Å². The van der Waals surface area contributed by atoms with Gasteiger partial charge in [-0.1, -0.05) is 31.1 Å². The van der Waals surface area contributed by atoms with Gasteiger partial charge in [0.1, 0.15) is 5.69 Å². The number of hydrazone groups is 1. The number of hydrogen-bond donors (Lipinski definition) is 1.